The van der Waals surface area contributed by atoms with Gasteiger partial charge in [-0.15, -0.1) is 0 Å². The first-order valence-electron chi connectivity index (χ1n) is 9.16. The van der Waals surface area contributed by atoms with Gasteiger partial charge < -0.3 is 20.4 Å². The molecule has 0 saturated heterocycles. The van der Waals surface area contributed by atoms with Crippen LogP contribution in [0.15, 0.2) is 36.4 Å². The fraction of sp³-hybridized carbons (Fsp3) is 0.250. The second-order valence-corrected chi connectivity index (χ2v) is 7.15. The van der Waals surface area contributed by atoms with Gasteiger partial charge in [0.2, 0.25) is 5.91 Å². The third-order valence-corrected chi connectivity index (χ3v) is 4.94. The van der Waals surface area contributed by atoms with Gasteiger partial charge in [-0.3, -0.25) is 4.79 Å². The Hall–Kier alpha value is -3.34. The maximum atomic E-state index is 13.8. The molecule has 31 heavy (non-hydrogen) atoms. The lowest BCUT2D eigenvalue weighted by Gasteiger charge is -2.20. The summed E-state index contributed by atoms with van der Waals surface area (Å²) in [5.74, 6) is -2.51. The zero-order chi connectivity index (χ0) is 22.5. The van der Waals surface area contributed by atoms with Crippen LogP contribution in [-0.4, -0.2) is 36.4 Å². The number of hydrogen-bond acceptors (Lipinski definition) is 5. The highest BCUT2D eigenvalue weighted by molar-refractivity contribution is 5.98. The molecule has 6 nitrogen and oxygen atoms in total. The number of alkyl halides is 3. The van der Waals surface area contributed by atoms with Gasteiger partial charge >= 0.3 is 6.18 Å². The number of fused-ring (bicyclic) bond motifs is 1. The Bertz CT molecular complexity index is 1070. The molecule has 0 radical (unpaired) electrons. The summed E-state index contributed by atoms with van der Waals surface area (Å²) in [5.41, 5.74) is 4.15. The fourth-order valence-corrected chi connectivity index (χ4v) is 3.43. The summed E-state index contributed by atoms with van der Waals surface area (Å²) in [6, 6.07) is 5.22. The van der Waals surface area contributed by atoms with E-state index < -0.39 is 41.7 Å². The van der Waals surface area contributed by atoms with E-state index in [-0.39, 0.29) is 11.4 Å². The van der Waals surface area contributed by atoms with Gasteiger partial charge in [0.25, 0.3) is 6.23 Å². The van der Waals surface area contributed by atoms with Gasteiger partial charge in [-0.1, -0.05) is 6.07 Å². The summed E-state index contributed by atoms with van der Waals surface area (Å²) in [6.07, 6.45) is -5.21. The topological polar surface area (TPSA) is 65.6 Å². The third kappa shape index (κ3) is 3.88. The number of para-hydroxylation sites is 1. The predicted molar refractivity (Wildman–Crippen MR) is 103 cm³/mol. The average Bonchev–Trinajstić information content (AvgIpc) is 3.27. The summed E-state index contributed by atoms with van der Waals surface area (Å²) >= 11 is 0. The van der Waals surface area contributed by atoms with Crippen molar-refractivity contribution in [2.24, 2.45) is 0 Å². The molecule has 0 saturated carbocycles. The molecule has 2 aromatic rings. The summed E-state index contributed by atoms with van der Waals surface area (Å²) in [7, 11) is 1.60. The van der Waals surface area contributed by atoms with Crippen molar-refractivity contribution < 1.29 is 31.5 Å². The minimum Gasteiger partial charge on any atom is -0.459 e. The highest BCUT2D eigenvalue weighted by Gasteiger charge is 2.46. The minimum atomic E-state index is -4.58. The Morgan fingerprint density at radius 3 is 2.52 bits per heavy atom. The number of aryl methyl sites for hydroxylation is 1. The molecular weight excluding hydrogens is 423 g/mol. The van der Waals surface area contributed by atoms with Crippen molar-refractivity contribution in [3.63, 3.8) is 0 Å². The number of ether oxygens (including phenoxy) is 1. The number of amides is 1. The number of nitrogens with zero attached hydrogens (tertiary/aromatic N) is 1. The molecule has 2 atom stereocenters. The third-order valence-electron chi connectivity index (χ3n) is 4.94. The summed E-state index contributed by atoms with van der Waals surface area (Å²) in [4.78, 5) is 12.5. The van der Waals surface area contributed by atoms with E-state index in [1.54, 1.807) is 14.0 Å². The van der Waals surface area contributed by atoms with E-state index in [4.69, 9.17) is 4.74 Å². The SMILES string of the molecule is Cc1cc2c(cc1C1=C[C@H](C(=O)Nc3c(F)cccc3F)NN1C)OC(C(F)(F)F)N2. The first kappa shape index (κ1) is 20.9. The molecule has 2 aromatic carbocycles. The molecule has 4 rings (SSSR count). The smallest absolute Gasteiger partial charge is 0.445 e. The lowest BCUT2D eigenvalue weighted by molar-refractivity contribution is -0.182. The van der Waals surface area contributed by atoms with Crippen molar-refractivity contribution in [3.05, 3.63) is 59.2 Å². The van der Waals surface area contributed by atoms with E-state index >= 15 is 0 Å². The van der Waals surface area contributed by atoms with Crippen LogP contribution in [0.25, 0.3) is 5.70 Å². The van der Waals surface area contributed by atoms with Crippen LogP contribution in [0.3, 0.4) is 0 Å². The summed E-state index contributed by atoms with van der Waals surface area (Å²) < 4.78 is 71.4. The Labute approximate surface area is 173 Å². The molecular formula is C20H17F5N4O2. The average molecular weight is 440 g/mol. The summed E-state index contributed by atoms with van der Waals surface area (Å²) in [5, 5.41) is 5.99. The van der Waals surface area contributed by atoms with Gasteiger partial charge in [0, 0.05) is 12.6 Å². The Kier molecular flexibility index (Phi) is 5.00. The minimum absolute atomic E-state index is 0.0264. The Morgan fingerprint density at radius 1 is 1.19 bits per heavy atom. The number of benzene rings is 2. The molecule has 0 spiro atoms. The zero-order valence-electron chi connectivity index (χ0n) is 16.3. The molecule has 0 aliphatic carbocycles. The van der Waals surface area contributed by atoms with Gasteiger partial charge in [0.1, 0.15) is 29.1 Å². The number of anilines is 2. The molecule has 0 fully saturated rings. The lowest BCUT2D eigenvalue weighted by atomic mass is 10.0. The van der Waals surface area contributed by atoms with Crippen LogP contribution in [0.1, 0.15) is 11.1 Å². The van der Waals surface area contributed by atoms with Crippen molar-refractivity contribution in [1.29, 1.82) is 0 Å². The fourth-order valence-electron chi connectivity index (χ4n) is 3.43. The summed E-state index contributed by atoms with van der Waals surface area (Å²) in [6.45, 7) is 1.70. The van der Waals surface area contributed by atoms with E-state index in [0.717, 1.165) is 12.1 Å². The number of hydrogen-bond donors (Lipinski definition) is 3. The molecule has 0 aromatic heterocycles. The zero-order valence-corrected chi connectivity index (χ0v) is 16.3. The number of nitrogens with one attached hydrogen (secondary N) is 3. The van der Waals surface area contributed by atoms with Gasteiger partial charge in [-0.05, 0) is 42.8 Å². The standard InChI is InChI=1S/C20H17F5N4O2/c1-9-6-13-16(31-19(26-13)20(23,24)25)7-10(9)15-8-14(28-29(15)2)18(30)27-17-11(21)4-3-5-12(17)22/h3-8,14,19,26,28H,1-2H3,(H,27,30)/t14-,19?/m1/s1. The van der Waals surface area contributed by atoms with Gasteiger partial charge in [-0.2, -0.15) is 13.2 Å². The molecule has 1 unspecified atom stereocenters. The van der Waals surface area contributed by atoms with Crippen molar-refractivity contribution >= 4 is 23.0 Å². The van der Waals surface area contributed by atoms with Crippen LogP contribution in [-0.2, 0) is 4.79 Å². The van der Waals surface area contributed by atoms with Crippen LogP contribution in [0.2, 0.25) is 0 Å². The monoisotopic (exact) mass is 440 g/mol. The van der Waals surface area contributed by atoms with Gasteiger partial charge in [0.05, 0.1) is 11.4 Å². The van der Waals surface area contributed by atoms with Crippen LogP contribution >= 0.6 is 0 Å². The second-order valence-electron chi connectivity index (χ2n) is 7.15. The van der Waals surface area contributed by atoms with Crippen LogP contribution in [0.4, 0.5) is 33.3 Å². The predicted octanol–water partition coefficient (Wildman–Crippen LogP) is 3.76. The maximum absolute atomic E-state index is 13.8. The largest absolute Gasteiger partial charge is 0.459 e. The number of carbonyl (C=O) groups is 1. The van der Waals surface area contributed by atoms with Gasteiger partial charge in [0.15, 0.2) is 0 Å². The lowest BCUT2D eigenvalue weighted by Crippen LogP contribution is -2.41. The van der Waals surface area contributed by atoms with Crippen molar-refractivity contribution in [2.75, 3.05) is 17.7 Å². The Balaban J connectivity index is 1.58. The molecule has 2 aliphatic rings. The van der Waals surface area contributed by atoms with Crippen LogP contribution < -0.4 is 20.8 Å². The molecule has 2 heterocycles. The molecule has 164 valence electrons. The van der Waals surface area contributed by atoms with Gasteiger partial charge in [-0.25, -0.2) is 14.2 Å². The first-order valence-corrected chi connectivity index (χ1v) is 9.16. The van der Waals surface area contributed by atoms with E-state index in [2.05, 4.69) is 16.1 Å². The van der Waals surface area contributed by atoms with Crippen LogP contribution in [0.5, 0.6) is 5.75 Å². The maximum Gasteiger partial charge on any atom is 0.445 e. The van der Waals surface area contributed by atoms with E-state index in [9.17, 15) is 26.7 Å². The second kappa shape index (κ2) is 7.41. The molecule has 11 heteroatoms. The van der Waals surface area contributed by atoms with Crippen LogP contribution in [0, 0.1) is 18.6 Å². The Morgan fingerprint density at radius 2 is 1.87 bits per heavy atom. The van der Waals surface area contributed by atoms with Crippen molar-refractivity contribution in [1.82, 2.24) is 10.4 Å². The molecule has 2 aliphatic heterocycles. The van der Waals surface area contributed by atoms with E-state index in [1.807, 2.05) is 0 Å². The number of halogens is 5. The number of carbonyl (C=O) groups excluding carboxylic acids is 1. The molecule has 1 amide bonds. The molecule has 3 N–H and O–H groups in total. The van der Waals surface area contributed by atoms with Crippen molar-refractivity contribution in [2.45, 2.75) is 25.4 Å². The quantitative estimate of drug-likeness (QED) is 0.635. The first-order chi connectivity index (χ1) is 14.5. The highest BCUT2D eigenvalue weighted by atomic mass is 19.4. The van der Waals surface area contributed by atoms with Crippen molar-refractivity contribution in [3.8, 4) is 5.75 Å². The van der Waals surface area contributed by atoms with E-state index in [1.165, 1.54) is 29.3 Å². The number of hydrazine groups is 1. The highest BCUT2D eigenvalue weighted by Crippen LogP contribution is 2.41. The van der Waals surface area contributed by atoms with E-state index in [0.29, 0.717) is 16.8 Å². The number of rotatable bonds is 3. The molecule has 0 bridgehead atoms. The normalized spacial score (nSPS) is 20.1.